The molecule has 1 aliphatic carbocycles. The number of carbonyl (C=O) groups excluding carboxylic acids is 2. The number of ether oxygens (including phenoxy) is 1. The first-order chi connectivity index (χ1) is 15.8. The molecule has 2 aromatic carbocycles. The van der Waals surface area contributed by atoms with Gasteiger partial charge in [0.1, 0.15) is 18.5 Å². The van der Waals surface area contributed by atoms with Crippen LogP contribution in [0.25, 0.3) is 11.1 Å². The zero-order valence-corrected chi connectivity index (χ0v) is 18.2. The van der Waals surface area contributed by atoms with Crippen molar-refractivity contribution in [1.82, 2.24) is 15.1 Å². The van der Waals surface area contributed by atoms with E-state index in [2.05, 4.69) is 15.7 Å². The first-order valence-electron chi connectivity index (χ1n) is 10.5. The summed E-state index contributed by atoms with van der Waals surface area (Å²) in [7, 11) is 1.65. The van der Waals surface area contributed by atoms with Crippen molar-refractivity contribution in [1.29, 1.82) is 0 Å². The molecule has 1 unspecified atom stereocenters. The van der Waals surface area contributed by atoms with E-state index in [9.17, 15) is 19.5 Å². The normalized spacial score (nSPS) is 13.0. The lowest BCUT2D eigenvalue weighted by Crippen LogP contribution is -2.45. The number of carboxylic acid groups (broad SMARTS) is 1. The van der Waals surface area contributed by atoms with Crippen LogP contribution in [0.3, 0.4) is 0 Å². The van der Waals surface area contributed by atoms with Crippen molar-refractivity contribution in [2.75, 3.05) is 11.9 Å². The maximum atomic E-state index is 12.6. The molecule has 0 fully saturated rings. The molecule has 3 N–H and O–H groups in total. The molecule has 33 heavy (non-hydrogen) atoms. The van der Waals surface area contributed by atoms with E-state index in [0.29, 0.717) is 11.5 Å². The summed E-state index contributed by atoms with van der Waals surface area (Å²) in [6, 6.07) is 16.2. The van der Waals surface area contributed by atoms with Gasteiger partial charge in [0, 0.05) is 19.0 Å². The van der Waals surface area contributed by atoms with Crippen LogP contribution >= 0.6 is 0 Å². The lowest BCUT2D eigenvalue weighted by Gasteiger charge is -2.18. The molecular formula is C24H24N4O5. The van der Waals surface area contributed by atoms with Crippen molar-refractivity contribution in [3.05, 3.63) is 71.4 Å². The number of rotatable bonds is 7. The number of hydrogen-bond acceptors (Lipinski definition) is 5. The fraction of sp³-hybridized carbons (Fsp3) is 0.250. The lowest BCUT2D eigenvalue weighted by atomic mass is 9.98. The largest absolute Gasteiger partial charge is 0.481 e. The number of fused-ring (bicyclic) bond motifs is 3. The zero-order valence-electron chi connectivity index (χ0n) is 18.2. The van der Waals surface area contributed by atoms with Crippen LogP contribution in [-0.2, 0) is 21.4 Å². The Kier molecular flexibility index (Phi) is 6.12. The monoisotopic (exact) mass is 448 g/mol. The van der Waals surface area contributed by atoms with Gasteiger partial charge in [0.15, 0.2) is 0 Å². The number of anilines is 1. The molecule has 0 spiro atoms. The summed E-state index contributed by atoms with van der Waals surface area (Å²) in [4.78, 5) is 36.4. The van der Waals surface area contributed by atoms with E-state index in [1.807, 2.05) is 48.5 Å². The van der Waals surface area contributed by atoms with Crippen molar-refractivity contribution < 1.29 is 24.2 Å². The van der Waals surface area contributed by atoms with E-state index >= 15 is 0 Å². The van der Waals surface area contributed by atoms with Gasteiger partial charge in [0.05, 0.1) is 12.1 Å². The van der Waals surface area contributed by atoms with Gasteiger partial charge >= 0.3 is 12.1 Å². The maximum Gasteiger partial charge on any atom is 0.407 e. The number of carbonyl (C=O) groups is 3. The fourth-order valence-corrected chi connectivity index (χ4v) is 4.11. The molecule has 1 aliphatic rings. The van der Waals surface area contributed by atoms with Gasteiger partial charge in [0.25, 0.3) is 0 Å². The van der Waals surface area contributed by atoms with Gasteiger partial charge in [-0.2, -0.15) is 5.10 Å². The van der Waals surface area contributed by atoms with Crippen LogP contribution in [-0.4, -0.2) is 45.5 Å². The third-order valence-corrected chi connectivity index (χ3v) is 5.58. The molecule has 3 aromatic rings. The van der Waals surface area contributed by atoms with E-state index in [1.165, 1.54) is 4.68 Å². The number of aryl methyl sites for hydroxylation is 2. The average molecular weight is 448 g/mol. The molecule has 9 nitrogen and oxygen atoms in total. The minimum atomic E-state index is -1.31. The van der Waals surface area contributed by atoms with Crippen LogP contribution in [0.5, 0.6) is 0 Å². The zero-order chi connectivity index (χ0) is 23.5. The Hall–Kier alpha value is -4.14. The fourth-order valence-electron chi connectivity index (χ4n) is 4.11. The summed E-state index contributed by atoms with van der Waals surface area (Å²) in [5.41, 5.74) is 4.98. The molecule has 170 valence electrons. The van der Waals surface area contributed by atoms with E-state index in [-0.39, 0.29) is 12.5 Å². The predicted molar refractivity (Wildman–Crippen MR) is 121 cm³/mol. The smallest absolute Gasteiger partial charge is 0.407 e. The van der Waals surface area contributed by atoms with Crippen LogP contribution in [0.15, 0.2) is 54.6 Å². The summed E-state index contributed by atoms with van der Waals surface area (Å²) >= 11 is 0. The van der Waals surface area contributed by atoms with Gasteiger partial charge in [-0.3, -0.25) is 14.3 Å². The van der Waals surface area contributed by atoms with E-state index in [4.69, 9.17) is 4.74 Å². The SMILES string of the molecule is Cc1cc(NC(=O)C(CC(=O)O)NC(=O)OCC2c3ccccc3-c3ccccc32)n(C)n1. The highest BCUT2D eigenvalue weighted by molar-refractivity contribution is 5.98. The molecule has 0 saturated carbocycles. The second-order valence-electron chi connectivity index (χ2n) is 7.90. The van der Waals surface area contributed by atoms with E-state index < -0.39 is 30.4 Å². The Bertz CT molecular complexity index is 1170. The number of carboxylic acids is 1. The van der Waals surface area contributed by atoms with Crippen molar-refractivity contribution in [3.8, 4) is 11.1 Å². The topological polar surface area (TPSA) is 123 Å². The number of nitrogens with zero attached hydrogens (tertiary/aromatic N) is 2. The first kappa shape index (κ1) is 22.1. The molecule has 4 rings (SSSR count). The average Bonchev–Trinajstić information content (AvgIpc) is 3.27. The number of benzene rings is 2. The van der Waals surface area contributed by atoms with E-state index in [0.717, 1.165) is 22.3 Å². The van der Waals surface area contributed by atoms with E-state index in [1.54, 1.807) is 20.0 Å². The minimum absolute atomic E-state index is 0.0577. The Morgan fingerprint density at radius 2 is 1.70 bits per heavy atom. The van der Waals surface area contributed by atoms with Gasteiger partial charge in [-0.05, 0) is 29.2 Å². The Morgan fingerprint density at radius 3 is 2.24 bits per heavy atom. The highest BCUT2D eigenvalue weighted by Crippen LogP contribution is 2.44. The Balaban J connectivity index is 1.43. The minimum Gasteiger partial charge on any atom is -0.481 e. The van der Waals surface area contributed by atoms with Crippen LogP contribution in [0.1, 0.15) is 29.2 Å². The van der Waals surface area contributed by atoms with Crippen LogP contribution in [0.2, 0.25) is 0 Å². The summed E-state index contributed by atoms with van der Waals surface area (Å²) in [5.74, 6) is -1.65. The van der Waals surface area contributed by atoms with Gasteiger partial charge in [0.2, 0.25) is 5.91 Å². The summed E-state index contributed by atoms with van der Waals surface area (Å²) < 4.78 is 6.90. The second-order valence-corrected chi connectivity index (χ2v) is 7.90. The third-order valence-electron chi connectivity index (χ3n) is 5.58. The number of hydrogen-bond donors (Lipinski definition) is 3. The van der Waals surface area contributed by atoms with Gasteiger partial charge in [-0.15, -0.1) is 0 Å². The van der Waals surface area contributed by atoms with Crippen LogP contribution < -0.4 is 10.6 Å². The van der Waals surface area contributed by atoms with Crippen molar-refractivity contribution in [3.63, 3.8) is 0 Å². The molecule has 1 aromatic heterocycles. The highest BCUT2D eigenvalue weighted by Gasteiger charge is 2.30. The van der Waals surface area contributed by atoms with Crippen molar-refractivity contribution in [2.24, 2.45) is 7.05 Å². The van der Waals surface area contributed by atoms with Gasteiger partial charge in [-0.1, -0.05) is 48.5 Å². The number of nitrogens with one attached hydrogen (secondary N) is 2. The Morgan fingerprint density at radius 1 is 1.09 bits per heavy atom. The summed E-state index contributed by atoms with van der Waals surface area (Å²) in [6.45, 7) is 1.82. The predicted octanol–water partition coefficient (Wildman–Crippen LogP) is 3.05. The summed E-state index contributed by atoms with van der Waals surface area (Å²) in [6.07, 6.45) is -1.45. The molecule has 0 bridgehead atoms. The number of aliphatic carboxylic acids is 1. The summed E-state index contributed by atoms with van der Waals surface area (Å²) in [5, 5.41) is 18.3. The maximum absolute atomic E-state index is 12.6. The third kappa shape index (κ3) is 4.72. The van der Waals surface area contributed by atoms with Gasteiger partial charge < -0.3 is 20.5 Å². The molecule has 1 atom stereocenters. The molecule has 2 amide bonds. The van der Waals surface area contributed by atoms with Crippen molar-refractivity contribution in [2.45, 2.75) is 25.3 Å². The molecule has 0 radical (unpaired) electrons. The first-order valence-corrected chi connectivity index (χ1v) is 10.5. The molecule has 9 heteroatoms. The number of amides is 2. The van der Waals surface area contributed by atoms with Gasteiger partial charge in [-0.25, -0.2) is 4.79 Å². The highest BCUT2D eigenvalue weighted by atomic mass is 16.5. The van der Waals surface area contributed by atoms with Crippen LogP contribution in [0, 0.1) is 6.92 Å². The number of alkyl carbamates (subject to hydrolysis) is 1. The van der Waals surface area contributed by atoms with Crippen LogP contribution in [0.4, 0.5) is 10.6 Å². The second kappa shape index (κ2) is 9.15. The van der Waals surface area contributed by atoms with Crippen molar-refractivity contribution >= 4 is 23.8 Å². The molecule has 1 heterocycles. The molecule has 0 aliphatic heterocycles. The lowest BCUT2D eigenvalue weighted by molar-refractivity contribution is -0.139. The molecular weight excluding hydrogens is 424 g/mol. The number of aromatic nitrogens is 2. The Labute approximate surface area is 190 Å². The quantitative estimate of drug-likeness (QED) is 0.511. The standard InChI is InChI=1S/C24H24N4O5/c1-14-11-21(28(2)27-14)26-23(31)20(12-22(29)30)25-24(32)33-13-19-17-9-5-3-7-15(17)16-8-4-6-10-18(16)19/h3-11,19-20H,12-13H2,1-2H3,(H,25,32)(H,26,31)(H,29,30). The molecule has 0 saturated heterocycles.